The second kappa shape index (κ2) is 7.44. The maximum Gasteiger partial charge on any atom is 0.255 e. The van der Waals surface area contributed by atoms with Crippen LogP contribution in [0.25, 0.3) is 0 Å². The van der Waals surface area contributed by atoms with Crippen LogP contribution in [0.4, 0.5) is 0 Å². The fourth-order valence-electron chi connectivity index (χ4n) is 2.40. The number of amides is 1. The number of nitrogens with zero attached hydrogens (tertiary/aromatic N) is 1. The van der Waals surface area contributed by atoms with Gasteiger partial charge < -0.3 is 9.64 Å². The van der Waals surface area contributed by atoms with Crippen molar-refractivity contribution in [1.82, 2.24) is 4.90 Å². The highest BCUT2D eigenvalue weighted by Crippen LogP contribution is 2.23. The number of carbonyl (C=O) groups excluding carboxylic acids is 1. The number of methoxy groups -OCH3 is 1. The first-order chi connectivity index (χ1) is 11.3. The Balaban J connectivity index is 1.87. The lowest BCUT2D eigenvalue weighted by molar-refractivity contribution is 0.0731. The highest BCUT2D eigenvalue weighted by Gasteiger charge is 2.19. The predicted molar refractivity (Wildman–Crippen MR) is 95.2 cm³/mol. The molecule has 0 saturated heterocycles. The van der Waals surface area contributed by atoms with Gasteiger partial charge in [0.2, 0.25) is 0 Å². The van der Waals surface area contributed by atoms with Gasteiger partial charge in [-0.15, -0.1) is 11.3 Å². The predicted octanol–water partition coefficient (Wildman–Crippen LogP) is 4.66. The summed E-state index contributed by atoms with van der Waals surface area (Å²) in [6, 6.07) is 13.8. The summed E-state index contributed by atoms with van der Waals surface area (Å²) in [5.41, 5.74) is 1.75. The molecule has 0 spiro atoms. The van der Waals surface area contributed by atoms with Gasteiger partial charge in [-0.3, -0.25) is 4.79 Å². The SMILES string of the molecule is COc1ccccc1CN(Cc1cccs1)C(=O)c1ccsc1. The molecule has 0 aliphatic rings. The van der Waals surface area contributed by atoms with E-state index in [9.17, 15) is 4.79 Å². The Morgan fingerprint density at radius 1 is 1.09 bits per heavy atom. The van der Waals surface area contributed by atoms with Crippen molar-refractivity contribution in [3.8, 4) is 5.75 Å². The summed E-state index contributed by atoms with van der Waals surface area (Å²) in [6.07, 6.45) is 0. The molecule has 0 aliphatic heterocycles. The third-order valence-electron chi connectivity index (χ3n) is 3.54. The molecule has 118 valence electrons. The molecular weight excluding hydrogens is 326 g/mol. The number of carbonyl (C=O) groups is 1. The van der Waals surface area contributed by atoms with Crippen molar-refractivity contribution in [3.63, 3.8) is 0 Å². The quantitative estimate of drug-likeness (QED) is 0.651. The molecule has 0 radical (unpaired) electrons. The minimum Gasteiger partial charge on any atom is -0.496 e. The first kappa shape index (κ1) is 15.8. The Hall–Kier alpha value is -2.11. The molecule has 0 bridgehead atoms. The molecule has 2 aromatic heterocycles. The second-order valence-corrected chi connectivity index (χ2v) is 6.88. The van der Waals surface area contributed by atoms with E-state index < -0.39 is 0 Å². The number of hydrogen-bond donors (Lipinski definition) is 0. The zero-order valence-corrected chi connectivity index (χ0v) is 14.4. The van der Waals surface area contributed by atoms with E-state index in [-0.39, 0.29) is 5.91 Å². The van der Waals surface area contributed by atoms with Gasteiger partial charge in [0.15, 0.2) is 0 Å². The largest absolute Gasteiger partial charge is 0.496 e. The van der Waals surface area contributed by atoms with Crippen molar-refractivity contribution in [2.75, 3.05) is 7.11 Å². The van der Waals surface area contributed by atoms with Gasteiger partial charge in [-0.1, -0.05) is 24.3 Å². The van der Waals surface area contributed by atoms with E-state index >= 15 is 0 Å². The smallest absolute Gasteiger partial charge is 0.255 e. The summed E-state index contributed by atoms with van der Waals surface area (Å²) in [7, 11) is 1.66. The van der Waals surface area contributed by atoms with Crippen molar-refractivity contribution in [3.05, 3.63) is 74.6 Å². The van der Waals surface area contributed by atoms with E-state index in [0.717, 1.165) is 16.9 Å². The molecule has 1 aromatic carbocycles. The molecule has 0 fully saturated rings. The third-order valence-corrected chi connectivity index (χ3v) is 5.08. The molecule has 2 heterocycles. The van der Waals surface area contributed by atoms with E-state index in [2.05, 4.69) is 6.07 Å². The minimum atomic E-state index is 0.0468. The lowest BCUT2D eigenvalue weighted by Crippen LogP contribution is -2.29. The Bertz CT molecular complexity index is 751. The first-order valence-electron chi connectivity index (χ1n) is 7.23. The number of ether oxygens (including phenoxy) is 1. The molecule has 0 aliphatic carbocycles. The van der Waals surface area contributed by atoms with Crippen LogP contribution in [0.2, 0.25) is 0 Å². The molecule has 3 nitrogen and oxygen atoms in total. The van der Waals surface area contributed by atoms with Crippen molar-refractivity contribution in [1.29, 1.82) is 0 Å². The summed E-state index contributed by atoms with van der Waals surface area (Å²) in [5, 5.41) is 5.86. The normalized spacial score (nSPS) is 10.5. The lowest BCUT2D eigenvalue weighted by atomic mass is 10.1. The number of hydrogen-bond acceptors (Lipinski definition) is 4. The van der Waals surface area contributed by atoms with Crippen molar-refractivity contribution in [2.45, 2.75) is 13.1 Å². The number of benzene rings is 1. The van der Waals surface area contributed by atoms with Crippen LogP contribution >= 0.6 is 22.7 Å². The van der Waals surface area contributed by atoms with Crippen LogP contribution in [0.3, 0.4) is 0 Å². The van der Waals surface area contributed by atoms with Gasteiger partial charge in [0.25, 0.3) is 5.91 Å². The van der Waals surface area contributed by atoms with Gasteiger partial charge >= 0.3 is 0 Å². The highest BCUT2D eigenvalue weighted by molar-refractivity contribution is 7.09. The number of rotatable bonds is 6. The van der Waals surface area contributed by atoms with E-state index in [1.165, 1.54) is 16.2 Å². The molecule has 23 heavy (non-hydrogen) atoms. The average Bonchev–Trinajstić information content (AvgIpc) is 3.27. The third kappa shape index (κ3) is 3.81. The van der Waals surface area contributed by atoms with Gasteiger partial charge in [-0.05, 0) is 29.0 Å². The standard InChI is InChI=1S/C18H17NO2S2/c1-21-17-7-3-2-5-14(17)11-19(12-16-6-4-9-23-16)18(20)15-8-10-22-13-15/h2-10,13H,11-12H2,1H3. The molecule has 5 heteroatoms. The van der Waals surface area contributed by atoms with Crippen molar-refractivity contribution >= 4 is 28.6 Å². The Morgan fingerprint density at radius 2 is 1.96 bits per heavy atom. The lowest BCUT2D eigenvalue weighted by Gasteiger charge is -2.23. The highest BCUT2D eigenvalue weighted by atomic mass is 32.1. The monoisotopic (exact) mass is 343 g/mol. The number of thiophene rings is 2. The minimum absolute atomic E-state index is 0.0468. The van der Waals surface area contributed by atoms with Crippen LogP contribution < -0.4 is 4.74 Å². The summed E-state index contributed by atoms with van der Waals surface area (Å²) in [6.45, 7) is 1.13. The zero-order chi connectivity index (χ0) is 16.1. The van der Waals surface area contributed by atoms with Crippen LogP contribution in [-0.2, 0) is 13.1 Å². The zero-order valence-electron chi connectivity index (χ0n) is 12.8. The Labute approximate surface area is 143 Å². The maximum absolute atomic E-state index is 12.8. The van der Waals surface area contributed by atoms with Gasteiger partial charge in [-0.2, -0.15) is 11.3 Å². The van der Waals surface area contributed by atoms with E-state index in [1.54, 1.807) is 18.4 Å². The Kier molecular flexibility index (Phi) is 5.10. The van der Waals surface area contributed by atoms with E-state index in [4.69, 9.17) is 4.74 Å². The second-order valence-electron chi connectivity index (χ2n) is 5.06. The van der Waals surface area contributed by atoms with Gasteiger partial charge in [0.1, 0.15) is 5.75 Å². The molecular formula is C18H17NO2S2. The molecule has 0 saturated carbocycles. The topological polar surface area (TPSA) is 29.5 Å². The molecule has 0 atom stereocenters. The first-order valence-corrected chi connectivity index (χ1v) is 9.06. The van der Waals surface area contributed by atoms with Gasteiger partial charge in [0.05, 0.1) is 25.8 Å². The van der Waals surface area contributed by atoms with Gasteiger partial charge in [-0.25, -0.2) is 0 Å². The van der Waals surface area contributed by atoms with Crippen LogP contribution in [0, 0.1) is 0 Å². The maximum atomic E-state index is 12.8. The molecule has 1 amide bonds. The van der Waals surface area contributed by atoms with Gasteiger partial charge in [0, 0.05) is 15.8 Å². The number of para-hydroxylation sites is 1. The van der Waals surface area contributed by atoms with Crippen molar-refractivity contribution < 1.29 is 9.53 Å². The fraction of sp³-hybridized carbons (Fsp3) is 0.167. The fourth-order valence-corrected chi connectivity index (χ4v) is 3.75. The van der Waals surface area contributed by atoms with Crippen molar-refractivity contribution in [2.24, 2.45) is 0 Å². The molecule has 3 aromatic rings. The van der Waals surface area contributed by atoms with Crippen LogP contribution in [-0.4, -0.2) is 17.9 Å². The molecule has 3 rings (SSSR count). The Morgan fingerprint density at radius 3 is 2.65 bits per heavy atom. The van der Waals surface area contributed by atoms with Crippen LogP contribution in [0.15, 0.2) is 58.6 Å². The summed E-state index contributed by atoms with van der Waals surface area (Å²) in [4.78, 5) is 15.9. The summed E-state index contributed by atoms with van der Waals surface area (Å²) in [5.74, 6) is 0.854. The average molecular weight is 343 g/mol. The summed E-state index contributed by atoms with van der Waals surface area (Å²) < 4.78 is 5.42. The molecule has 0 N–H and O–H groups in total. The van der Waals surface area contributed by atoms with E-state index in [1.807, 2.05) is 57.4 Å². The van der Waals surface area contributed by atoms with Crippen LogP contribution in [0.1, 0.15) is 20.8 Å². The molecule has 0 unspecified atom stereocenters. The van der Waals surface area contributed by atoms with E-state index in [0.29, 0.717) is 13.1 Å². The van der Waals surface area contributed by atoms with Crippen LogP contribution in [0.5, 0.6) is 5.75 Å². The summed E-state index contributed by atoms with van der Waals surface area (Å²) >= 11 is 3.20.